The Labute approximate surface area is 194 Å². The summed E-state index contributed by atoms with van der Waals surface area (Å²) >= 11 is 6.05. The number of para-hydroxylation sites is 1. The minimum absolute atomic E-state index is 0.0390. The van der Waals surface area contributed by atoms with Crippen LogP contribution in [0.1, 0.15) is 29.2 Å². The summed E-state index contributed by atoms with van der Waals surface area (Å²) in [6, 6.07) is 18.2. The zero-order chi connectivity index (χ0) is 22.2. The Morgan fingerprint density at radius 3 is 2.59 bits per heavy atom. The first kappa shape index (κ1) is 21.2. The summed E-state index contributed by atoms with van der Waals surface area (Å²) in [4.78, 5) is 20.3. The minimum Gasteiger partial charge on any atom is -0.326 e. The highest BCUT2D eigenvalue weighted by atomic mass is 35.5. The van der Waals surface area contributed by atoms with Crippen LogP contribution in [0.2, 0.25) is 5.02 Å². The van der Waals surface area contributed by atoms with Gasteiger partial charge in [0.05, 0.1) is 5.69 Å². The molecule has 0 spiro atoms. The third-order valence-corrected chi connectivity index (χ3v) is 7.49. The number of halogens is 1. The fourth-order valence-electron chi connectivity index (χ4n) is 5.35. The van der Waals surface area contributed by atoms with Crippen LogP contribution in [0.4, 0.5) is 11.6 Å². The second-order valence-electron chi connectivity index (χ2n) is 9.18. The van der Waals surface area contributed by atoms with Gasteiger partial charge in [-0.05, 0) is 67.3 Å². The molecule has 5 rings (SSSR count). The Balaban J connectivity index is 1.23. The number of aryl methyl sites for hydroxylation is 1. The summed E-state index contributed by atoms with van der Waals surface area (Å²) in [5, 5.41) is 4.05. The van der Waals surface area contributed by atoms with Gasteiger partial charge in [0.1, 0.15) is 0 Å². The molecular formula is C26H29ClN4O. The van der Waals surface area contributed by atoms with Crippen molar-refractivity contribution in [1.82, 2.24) is 14.5 Å². The van der Waals surface area contributed by atoms with E-state index in [1.807, 2.05) is 49.4 Å². The average molecular weight is 449 g/mol. The van der Waals surface area contributed by atoms with Crippen LogP contribution in [0, 0.1) is 18.8 Å². The number of rotatable bonds is 6. The summed E-state index contributed by atoms with van der Waals surface area (Å²) in [5.74, 6) is 2.71. The lowest BCUT2D eigenvalue weighted by Gasteiger charge is -2.40. The van der Waals surface area contributed by atoms with Crippen molar-refractivity contribution in [3.05, 3.63) is 86.8 Å². The molecule has 2 aromatic carbocycles. The van der Waals surface area contributed by atoms with Crippen LogP contribution in [-0.4, -0.2) is 34.1 Å². The molecule has 3 atom stereocenters. The Kier molecular flexibility index (Phi) is 5.78. The van der Waals surface area contributed by atoms with Gasteiger partial charge in [-0.3, -0.25) is 9.36 Å². The maximum atomic E-state index is 13.1. The predicted octanol–water partition coefficient (Wildman–Crippen LogP) is 4.76. The van der Waals surface area contributed by atoms with Crippen LogP contribution < -0.4 is 10.9 Å². The van der Waals surface area contributed by atoms with E-state index in [9.17, 15) is 4.79 Å². The normalized spacial score (nSPS) is 22.4. The predicted molar refractivity (Wildman–Crippen MR) is 130 cm³/mol. The fraction of sp³-hybridized carbons (Fsp3) is 0.385. The maximum Gasteiger partial charge on any atom is 0.258 e. The van der Waals surface area contributed by atoms with E-state index < -0.39 is 0 Å². The van der Waals surface area contributed by atoms with Gasteiger partial charge in [-0.1, -0.05) is 41.9 Å². The van der Waals surface area contributed by atoms with Gasteiger partial charge in [-0.25, -0.2) is 4.98 Å². The zero-order valence-electron chi connectivity index (χ0n) is 18.6. The van der Waals surface area contributed by atoms with E-state index in [1.54, 1.807) is 11.6 Å². The van der Waals surface area contributed by atoms with Crippen LogP contribution >= 0.6 is 11.6 Å². The van der Waals surface area contributed by atoms with Gasteiger partial charge < -0.3 is 10.2 Å². The molecule has 3 aromatic rings. The average Bonchev–Trinajstić information content (AvgIpc) is 3.10. The van der Waals surface area contributed by atoms with Crippen molar-refractivity contribution < 1.29 is 0 Å². The molecule has 166 valence electrons. The van der Waals surface area contributed by atoms with Gasteiger partial charge in [-0.15, -0.1) is 0 Å². The third-order valence-electron chi connectivity index (χ3n) is 7.24. The van der Waals surface area contributed by atoms with E-state index >= 15 is 0 Å². The van der Waals surface area contributed by atoms with E-state index in [0.29, 0.717) is 11.9 Å². The van der Waals surface area contributed by atoms with E-state index in [0.717, 1.165) is 59.9 Å². The van der Waals surface area contributed by atoms with Crippen molar-refractivity contribution >= 4 is 23.2 Å². The van der Waals surface area contributed by atoms with Crippen molar-refractivity contribution in [1.29, 1.82) is 0 Å². The topological polar surface area (TPSA) is 50.2 Å². The van der Waals surface area contributed by atoms with Gasteiger partial charge in [0, 0.05) is 43.0 Å². The molecule has 3 unspecified atom stereocenters. The highest BCUT2D eigenvalue weighted by molar-refractivity contribution is 6.30. The number of likely N-dealkylation sites (tertiary alicyclic amines) is 1. The highest BCUT2D eigenvalue weighted by Gasteiger charge is 2.47. The molecule has 0 amide bonds. The second-order valence-corrected chi connectivity index (χ2v) is 9.62. The van der Waals surface area contributed by atoms with Crippen LogP contribution in [0.25, 0.3) is 0 Å². The SMILES string of the molecule is Cc1nc(Nc2ccccc2)n(C)c(=O)c1CCN1CC2CC(c3ccc(Cl)cc3)C2C1. The first-order chi connectivity index (χ1) is 15.5. The summed E-state index contributed by atoms with van der Waals surface area (Å²) in [5.41, 5.74) is 4.00. The third kappa shape index (κ3) is 4.07. The first-order valence-corrected chi connectivity index (χ1v) is 11.7. The van der Waals surface area contributed by atoms with Crippen molar-refractivity contribution in [2.24, 2.45) is 18.9 Å². The number of hydrogen-bond acceptors (Lipinski definition) is 4. The number of nitrogens with one attached hydrogen (secondary N) is 1. The lowest BCUT2D eigenvalue weighted by molar-refractivity contribution is 0.191. The lowest BCUT2D eigenvalue weighted by Crippen LogP contribution is -2.33. The zero-order valence-corrected chi connectivity index (χ0v) is 19.3. The molecule has 0 bridgehead atoms. The largest absolute Gasteiger partial charge is 0.326 e. The number of anilines is 2. The molecule has 32 heavy (non-hydrogen) atoms. The fourth-order valence-corrected chi connectivity index (χ4v) is 5.48. The van der Waals surface area contributed by atoms with Crippen molar-refractivity contribution in [2.45, 2.75) is 25.7 Å². The van der Waals surface area contributed by atoms with Gasteiger partial charge >= 0.3 is 0 Å². The van der Waals surface area contributed by atoms with Gasteiger partial charge in [0.25, 0.3) is 5.56 Å². The Morgan fingerprint density at radius 2 is 1.84 bits per heavy atom. The smallest absolute Gasteiger partial charge is 0.258 e. The second kappa shape index (κ2) is 8.72. The number of aromatic nitrogens is 2. The van der Waals surface area contributed by atoms with Gasteiger partial charge in [-0.2, -0.15) is 0 Å². The molecule has 1 N–H and O–H groups in total. The molecule has 1 aliphatic heterocycles. The number of nitrogens with zero attached hydrogens (tertiary/aromatic N) is 3. The highest BCUT2D eigenvalue weighted by Crippen LogP contribution is 2.51. The van der Waals surface area contributed by atoms with Crippen LogP contribution in [0.5, 0.6) is 0 Å². The molecule has 0 radical (unpaired) electrons. The number of fused-ring (bicyclic) bond motifs is 1. The molecule has 2 fully saturated rings. The Bertz CT molecular complexity index is 1160. The quantitative estimate of drug-likeness (QED) is 0.590. The first-order valence-electron chi connectivity index (χ1n) is 11.4. The van der Waals surface area contributed by atoms with E-state index in [1.165, 1.54) is 12.0 Å². The van der Waals surface area contributed by atoms with Gasteiger partial charge in [0.15, 0.2) is 0 Å². The molecular weight excluding hydrogens is 420 g/mol. The van der Waals surface area contributed by atoms with Crippen molar-refractivity contribution in [3.8, 4) is 0 Å². The summed E-state index contributed by atoms with van der Waals surface area (Å²) in [7, 11) is 1.79. The number of benzene rings is 2. The van der Waals surface area contributed by atoms with Gasteiger partial charge in [0.2, 0.25) is 5.95 Å². The number of hydrogen-bond donors (Lipinski definition) is 1. The van der Waals surface area contributed by atoms with Crippen LogP contribution in [0.15, 0.2) is 59.4 Å². The molecule has 1 saturated heterocycles. The molecule has 2 heterocycles. The molecule has 1 aromatic heterocycles. The standard InChI is InChI=1S/C26H29ClN4O/c1-17-22(25(32)30(2)26(28-17)29-21-6-4-3-5-7-21)12-13-31-15-19-14-23(24(19)16-31)18-8-10-20(27)11-9-18/h3-11,19,23-24H,12-16H2,1-2H3,(H,28,29). The molecule has 5 nitrogen and oxygen atoms in total. The van der Waals surface area contributed by atoms with E-state index in [-0.39, 0.29) is 5.56 Å². The summed E-state index contributed by atoms with van der Waals surface area (Å²) < 4.78 is 1.62. The van der Waals surface area contributed by atoms with Crippen LogP contribution in [0.3, 0.4) is 0 Å². The van der Waals surface area contributed by atoms with Crippen LogP contribution in [-0.2, 0) is 13.5 Å². The molecule has 1 aliphatic carbocycles. The van der Waals surface area contributed by atoms with E-state index in [2.05, 4.69) is 22.3 Å². The monoisotopic (exact) mass is 448 g/mol. The van der Waals surface area contributed by atoms with E-state index in [4.69, 9.17) is 16.6 Å². The summed E-state index contributed by atoms with van der Waals surface area (Å²) in [6.07, 6.45) is 1.99. The lowest BCUT2D eigenvalue weighted by atomic mass is 9.64. The molecule has 1 saturated carbocycles. The molecule has 2 aliphatic rings. The van der Waals surface area contributed by atoms with Crippen molar-refractivity contribution in [3.63, 3.8) is 0 Å². The van der Waals surface area contributed by atoms with Crippen molar-refractivity contribution in [2.75, 3.05) is 25.0 Å². The Morgan fingerprint density at radius 1 is 1.09 bits per heavy atom. The maximum absolute atomic E-state index is 13.1. The Hall–Kier alpha value is -2.63. The molecule has 6 heteroatoms. The minimum atomic E-state index is 0.0390. The summed E-state index contributed by atoms with van der Waals surface area (Å²) in [6.45, 7) is 5.09.